The Bertz CT molecular complexity index is 343. The summed E-state index contributed by atoms with van der Waals surface area (Å²) < 4.78 is 95.4. The molecule has 0 saturated heterocycles. The first-order valence-corrected chi connectivity index (χ1v) is 5.03. The highest BCUT2D eigenvalue weighted by Gasteiger charge is 2.42. The van der Waals surface area contributed by atoms with Crippen molar-refractivity contribution in [2.75, 3.05) is 13.2 Å². The molecule has 0 atom stereocenters. The third-order valence-electron chi connectivity index (χ3n) is 1.59. The van der Waals surface area contributed by atoms with Gasteiger partial charge in [0.1, 0.15) is 6.61 Å². The van der Waals surface area contributed by atoms with Gasteiger partial charge in [0.05, 0.1) is 0 Å². The van der Waals surface area contributed by atoms with Gasteiger partial charge in [-0.3, -0.25) is 0 Å². The lowest BCUT2D eigenvalue weighted by Crippen LogP contribution is -2.33. The van der Waals surface area contributed by atoms with Gasteiger partial charge in [0.2, 0.25) is 0 Å². The lowest BCUT2D eigenvalue weighted by molar-refractivity contribution is -0.176. The van der Waals surface area contributed by atoms with Gasteiger partial charge < -0.3 is 9.84 Å². The third-order valence-corrected chi connectivity index (χ3v) is 1.59. The Kier molecular flexibility index (Phi) is 9.18. The van der Waals surface area contributed by atoms with Gasteiger partial charge in [-0.15, -0.1) is 0 Å². The number of alkyl halides is 8. The van der Waals surface area contributed by atoms with Crippen LogP contribution in [-0.2, 0) is 9.53 Å². The minimum Gasteiger partial charge on any atom is -0.456 e. The smallest absolute Gasteiger partial charge is 0.340 e. The van der Waals surface area contributed by atoms with Gasteiger partial charge in [-0.1, -0.05) is 6.58 Å². The van der Waals surface area contributed by atoms with Crippen LogP contribution in [0.3, 0.4) is 0 Å². The Balaban J connectivity index is 0. The van der Waals surface area contributed by atoms with Crippen molar-refractivity contribution < 1.29 is 49.8 Å². The first kappa shape index (κ1) is 21.9. The predicted octanol–water partition coefficient (Wildman–Crippen LogP) is 2.89. The fraction of sp³-hybridized carbons (Fsp3) is 0.700. The molecule has 0 amide bonds. The lowest BCUT2D eigenvalue weighted by Gasteiger charge is -2.14. The van der Waals surface area contributed by atoms with Gasteiger partial charge in [0.15, 0.2) is 6.61 Å². The molecule has 0 aromatic heterocycles. The van der Waals surface area contributed by atoms with Crippen molar-refractivity contribution in [3.05, 3.63) is 12.2 Å². The fourth-order valence-electron chi connectivity index (χ4n) is 0.417. The van der Waals surface area contributed by atoms with Crippen LogP contribution < -0.4 is 0 Å². The fourth-order valence-corrected chi connectivity index (χ4v) is 0.417. The number of esters is 1. The molecule has 21 heavy (non-hydrogen) atoms. The molecule has 126 valence electrons. The Morgan fingerprint density at radius 1 is 1.10 bits per heavy atom. The molecule has 0 spiro atoms. The molecule has 0 aromatic rings. The summed E-state index contributed by atoms with van der Waals surface area (Å²) in [5.41, 5.74) is -0.120. The maximum Gasteiger partial charge on any atom is 0.340 e. The molecule has 0 aliphatic carbocycles. The van der Waals surface area contributed by atoms with E-state index in [-0.39, 0.29) is 5.57 Å². The number of rotatable bonds is 6. The summed E-state index contributed by atoms with van der Waals surface area (Å²) in [6, 6.07) is 0. The van der Waals surface area contributed by atoms with E-state index in [2.05, 4.69) is 11.3 Å². The Morgan fingerprint density at radius 2 is 1.48 bits per heavy atom. The standard InChI is InChI=1S/C7H8F4O2.C3H4F4O/c1-4(2)5(12)13-3-7(10,11)6(8)9;4-2(5)3(6,7)1-8/h6H,1,3H2,2H3;2,8H,1H2. The minimum absolute atomic E-state index is 0.120. The van der Waals surface area contributed by atoms with E-state index in [9.17, 15) is 39.9 Å². The molecule has 1 N–H and O–H groups in total. The summed E-state index contributed by atoms with van der Waals surface area (Å²) in [6.45, 7) is 0.889. The molecule has 0 heterocycles. The van der Waals surface area contributed by atoms with Crippen molar-refractivity contribution in [1.29, 1.82) is 0 Å². The number of hydrogen-bond acceptors (Lipinski definition) is 3. The molecule has 0 rings (SSSR count). The van der Waals surface area contributed by atoms with Gasteiger partial charge in [-0.2, -0.15) is 17.6 Å². The van der Waals surface area contributed by atoms with Crippen LogP contribution in [-0.4, -0.2) is 49.0 Å². The van der Waals surface area contributed by atoms with E-state index in [4.69, 9.17) is 5.11 Å². The number of aliphatic hydroxyl groups excluding tert-OH is 1. The molecule has 0 fully saturated rings. The summed E-state index contributed by atoms with van der Waals surface area (Å²) in [7, 11) is 0. The van der Waals surface area contributed by atoms with Gasteiger partial charge in [0, 0.05) is 5.57 Å². The highest BCUT2D eigenvalue weighted by atomic mass is 19.3. The summed E-state index contributed by atoms with van der Waals surface area (Å²) in [5.74, 6) is -9.65. The van der Waals surface area contributed by atoms with E-state index in [1.165, 1.54) is 6.92 Å². The maximum absolute atomic E-state index is 12.1. The number of ether oxygens (including phenoxy) is 1. The third kappa shape index (κ3) is 9.21. The Morgan fingerprint density at radius 3 is 1.67 bits per heavy atom. The average molecular weight is 332 g/mol. The molecule has 0 bridgehead atoms. The number of aliphatic hydroxyl groups is 1. The Hall–Kier alpha value is -1.39. The van der Waals surface area contributed by atoms with Crippen LogP contribution >= 0.6 is 0 Å². The first-order valence-electron chi connectivity index (χ1n) is 5.03. The van der Waals surface area contributed by atoms with Crippen molar-refractivity contribution in [1.82, 2.24) is 0 Å². The van der Waals surface area contributed by atoms with E-state index in [0.29, 0.717) is 0 Å². The summed E-state index contributed by atoms with van der Waals surface area (Å²) in [4.78, 5) is 10.5. The Labute approximate surface area is 114 Å². The molecule has 3 nitrogen and oxygen atoms in total. The summed E-state index contributed by atoms with van der Waals surface area (Å²) in [6.07, 6.45) is -7.61. The predicted molar refractivity (Wildman–Crippen MR) is 54.8 cm³/mol. The van der Waals surface area contributed by atoms with Gasteiger partial charge in [-0.25, -0.2) is 22.4 Å². The van der Waals surface area contributed by atoms with Crippen LogP contribution in [0.15, 0.2) is 12.2 Å². The topological polar surface area (TPSA) is 46.5 Å². The molecular formula is C10H12F8O3. The van der Waals surface area contributed by atoms with Gasteiger partial charge >= 0.3 is 30.7 Å². The molecule has 0 saturated carbocycles. The van der Waals surface area contributed by atoms with Crippen LogP contribution in [0.1, 0.15) is 6.92 Å². The monoisotopic (exact) mass is 332 g/mol. The van der Waals surface area contributed by atoms with E-state index in [0.717, 1.165) is 0 Å². The van der Waals surface area contributed by atoms with Crippen molar-refractivity contribution in [3.63, 3.8) is 0 Å². The van der Waals surface area contributed by atoms with Crippen molar-refractivity contribution in [2.45, 2.75) is 31.6 Å². The maximum atomic E-state index is 12.1. The van der Waals surface area contributed by atoms with Crippen LogP contribution in [0.25, 0.3) is 0 Å². The normalized spacial score (nSPS) is 12.0. The van der Waals surface area contributed by atoms with Gasteiger partial charge in [0.25, 0.3) is 0 Å². The van der Waals surface area contributed by atoms with Crippen LogP contribution in [0.4, 0.5) is 35.1 Å². The molecule has 0 unspecified atom stereocenters. The highest BCUT2D eigenvalue weighted by Crippen LogP contribution is 2.23. The average Bonchev–Trinajstić information content (AvgIpc) is 2.36. The van der Waals surface area contributed by atoms with Crippen LogP contribution in [0.2, 0.25) is 0 Å². The molecule has 11 heteroatoms. The number of carbonyl (C=O) groups is 1. The molecular weight excluding hydrogens is 320 g/mol. The second kappa shape index (κ2) is 8.80. The number of halogens is 8. The lowest BCUT2D eigenvalue weighted by atomic mass is 10.3. The van der Waals surface area contributed by atoms with Crippen LogP contribution in [0.5, 0.6) is 0 Å². The zero-order valence-corrected chi connectivity index (χ0v) is 10.6. The largest absolute Gasteiger partial charge is 0.456 e. The molecule has 0 radical (unpaired) electrons. The van der Waals surface area contributed by atoms with Crippen molar-refractivity contribution in [2.24, 2.45) is 0 Å². The number of hydrogen-bond donors (Lipinski definition) is 1. The zero-order valence-electron chi connectivity index (χ0n) is 10.6. The SMILES string of the molecule is C=C(C)C(=O)OCC(F)(F)C(F)F.OCC(F)(F)C(F)F. The molecule has 0 aromatic carbocycles. The molecule has 0 aliphatic rings. The summed E-state index contributed by atoms with van der Waals surface area (Å²) in [5, 5.41) is 7.53. The molecule has 0 aliphatic heterocycles. The first-order chi connectivity index (χ1) is 9.27. The van der Waals surface area contributed by atoms with Crippen molar-refractivity contribution in [3.8, 4) is 0 Å². The zero-order chi connectivity index (χ0) is 17.4. The van der Waals surface area contributed by atoms with Crippen LogP contribution in [0, 0.1) is 0 Å². The second-order valence-corrected chi connectivity index (χ2v) is 3.64. The summed E-state index contributed by atoms with van der Waals surface area (Å²) >= 11 is 0. The van der Waals surface area contributed by atoms with Crippen molar-refractivity contribution >= 4 is 5.97 Å². The quantitative estimate of drug-likeness (QED) is 0.462. The number of carbonyl (C=O) groups excluding carboxylic acids is 1. The highest BCUT2D eigenvalue weighted by molar-refractivity contribution is 5.86. The van der Waals surface area contributed by atoms with E-state index < -0.39 is 43.9 Å². The van der Waals surface area contributed by atoms with E-state index in [1.54, 1.807) is 0 Å². The van der Waals surface area contributed by atoms with E-state index >= 15 is 0 Å². The minimum atomic E-state index is -4.30. The second-order valence-electron chi connectivity index (χ2n) is 3.64. The van der Waals surface area contributed by atoms with Gasteiger partial charge in [-0.05, 0) is 6.92 Å². The van der Waals surface area contributed by atoms with E-state index in [1.807, 2.05) is 0 Å².